The first-order chi connectivity index (χ1) is 9.34. The van der Waals surface area contributed by atoms with E-state index in [1.165, 1.54) is 0 Å². The highest BCUT2D eigenvalue weighted by Gasteiger charge is 2.29. The lowest BCUT2D eigenvalue weighted by molar-refractivity contribution is -0.0183. The summed E-state index contributed by atoms with van der Waals surface area (Å²) in [5.74, 6) is 0. The maximum absolute atomic E-state index is 10.3. The molecule has 3 heteroatoms. The minimum Gasteiger partial charge on any atom is -0.389 e. The Balaban J connectivity index is 1.72. The lowest BCUT2D eigenvalue weighted by Crippen LogP contribution is -2.18. The van der Waals surface area contributed by atoms with Gasteiger partial charge in [0.15, 0.2) is 6.10 Å². The third kappa shape index (κ3) is 2.51. The van der Waals surface area contributed by atoms with Gasteiger partial charge in [0, 0.05) is 6.42 Å². The molecular weight excluding hydrogens is 238 g/mol. The van der Waals surface area contributed by atoms with Crippen LogP contribution in [0.25, 0.3) is 0 Å². The quantitative estimate of drug-likeness (QED) is 0.913. The molecule has 19 heavy (non-hydrogen) atoms. The molecule has 0 bridgehead atoms. The summed E-state index contributed by atoms with van der Waals surface area (Å²) < 4.78 is 0. The van der Waals surface area contributed by atoms with E-state index in [0.29, 0.717) is 6.42 Å². The van der Waals surface area contributed by atoms with E-state index in [4.69, 9.17) is 4.84 Å². The molecule has 0 aromatic heterocycles. The monoisotopic (exact) mass is 253 g/mol. The summed E-state index contributed by atoms with van der Waals surface area (Å²) in [6.45, 7) is 0. The topological polar surface area (TPSA) is 41.8 Å². The molecule has 1 N–H and O–H groups in total. The molecule has 0 spiro atoms. The molecule has 1 aliphatic heterocycles. The van der Waals surface area contributed by atoms with Crippen LogP contribution in [0.5, 0.6) is 0 Å². The zero-order valence-electron chi connectivity index (χ0n) is 10.4. The van der Waals surface area contributed by atoms with Crippen LogP contribution in [-0.4, -0.2) is 16.9 Å². The van der Waals surface area contributed by atoms with Gasteiger partial charge < -0.3 is 9.94 Å². The molecule has 2 aromatic rings. The van der Waals surface area contributed by atoms with Gasteiger partial charge in [-0.15, -0.1) is 0 Å². The second-order valence-electron chi connectivity index (χ2n) is 4.61. The van der Waals surface area contributed by atoms with Crippen molar-refractivity contribution in [3.05, 3.63) is 71.8 Å². The molecule has 2 atom stereocenters. The van der Waals surface area contributed by atoms with Gasteiger partial charge in [0.25, 0.3) is 0 Å². The van der Waals surface area contributed by atoms with Gasteiger partial charge in [-0.3, -0.25) is 0 Å². The molecule has 0 saturated carbocycles. The molecule has 96 valence electrons. The van der Waals surface area contributed by atoms with E-state index in [0.717, 1.165) is 16.8 Å². The number of aliphatic hydroxyl groups excluding tert-OH is 1. The van der Waals surface area contributed by atoms with Gasteiger partial charge in [0.05, 0.1) is 5.71 Å². The minimum absolute atomic E-state index is 0.308. The van der Waals surface area contributed by atoms with Crippen molar-refractivity contribution in [1.82, 2.24) is 0 Å². The molecule has 0 unspecified atom stereocenters. The average molecular weight is 253 g/mol. The van der Waals surface area contributed by atoms with Crippen LogP contribution < -0.4 is 0 Å². The molecule has 0 aliphatic carbocycles. The van der Waals surface area contributed by atoms with Crippen LogP contribution in [0.3, 0.4) is 0 Å². The average Bonchev–Trinajstić information content (AvgIpc) is 2.98. The number of hydrogen-bond acceptors (Lipinski definition) is 3. The molecular formula is C16H15NO2. The molecule has 3 rings (SSSR count). The van der Waals surface area contributed by atoms with Gasteiger partial charge >= 0.3 is 0 Å². The molecule has 1 heterocycles. The van der Waals surface area contributed by atoms with Crippen LogP contribution >= 0.6 is 0 Å². The zero-order chi connectivity index (χ0) is 13.1. The van der Waals surface area contributed by atoms with Crippen LogP contribution in [0.4, 0.5) is 0 Å². The van der Waals surface area contributed by atoms with E-state index in [1.807, 2.05) is 60.7 Å². The highest BCUT2D eigenvalue weighted by Crippen LogP contribution is 2.27. The van der Waals surface area contributed by atoms with Gasteiger partial charge in [-0.2, -0.15) is 0 Å². The highest BCUT2D eigenvalue weighted by atomic mass is 16.7. The fourth-order valence-corrected chi connectivity index (χ4v) is 2.23. The van der Waals surface area contributed by atoms with Crippen LogP contribution in [0.1, 0.15) is 23.7 Å². The Morgan fingerprint density at radius 1 is 1.00 bits per heavy atom. The third-order valence-electron chi connectivity index (χ3n) is 3.29. The Bertz CT molecular complexity index is 566. The highest BCUT2D eigenvalue weighted by molar-refractivity contribution is 6.01. The van der Waals surface area contributed by atoms with Crippen molar-refractivity contribution in [2.24, 2.45) is 5.16 Å². The van der Waals surface area contributed by atoms with E-state index in [1.54, 1.807) is 0 Å². The number of oxime groups is 1. The predicted octanol–water partition coefficient (Wildman–Crippen LogP) is 2.91. The second-order valence-corrected chi connectivity index (χ2v) is 4.61. The molecule has 1 aliphatic rings. The second kappa shape index (κ2) is 5.24. The number of rotatable bonds is 3. The van der Waals surface area contributed by atoms with Crippen molar-refractivity contribution in [2.75, 3.05) is 0 Å². The standard InChI is InChI=1S/C16H15NO2/c18-16(13-9-5-2-6-10-13)15-11-14(17-19-15)12-7-3-1-4-8-12/h1-10,15-16,18H,11H2/t15-,16-/m1/s1. The number of nitrogens with zero attached hydrogens (tertiary/aromatic N) is 1. The van der Waals surface area contributed by atoms with Crippen LogP contribution in [-0.2, 0) is 4.84 Å². The van der Waals surface area contributed by atoms with Crippen molar-refractivity contribution >= 4 is 5.71 Å². The number of hydrogen-bond donors (Lipinski definition) is 1. The molecule has 0 saturated heterocycles. The van der Waals surface area contributed by atoms with E-state index < -0.39 is 6.10 Å². The first-order valence-corrected chi connectivity index (χ1v) is 6.36. The van der Waals surface area contributed by atoms with E-state index in [9.17, 15) is 5.11 Å². The van der Waals surface area contributed by atoms with E-state index >= 15 is 0 Å². The predicted molar refractivity (Wildman–Crippen MR) is 73.9 cm³/mol. The van der Waals surface area contributed by atoms with Crippen LogP contribution in [0.15, 0.2) is 65.8 Å². The maximum atomic E-state index is 10.3. The first-order valence-electron chi connectivity index (χ1n) is 6.36. The lowest BCUT2D eigenvalue weighted by Gasteiger charge is -2.16. The molecule has 0 radical (unpaired) electrons. The Morgan fingerprint density at radius 3 is 2.32 bits per heavy atom. The summed E-state index contributed by atoms with van der Waals surface area (Å²) in [7, 11) is 0. The summed E-state index contributed by atoms with van der Waals surface area (Å²) in [4.78, 5) is 5.37. The van der Waals surface area contributed by atoms with Crippen LogP contribution in [0, 0.1) is 0 Å². The fraction of sp³-hybridized carbons (Fsp3) is 0.188. The largest absolute Gasteiger partial charge is 0.389 e. The molecule has 3 nitrogen and oxygen atoms in total. The normalized spacial score (nSPS) is 19.6. The van der Waals surface area contributed by atoms with Crippen molar-refractivity contribution in [2.45, 2.75) is 18.6 Å². The fourth-order valence-electron chi connectivity index (χ4n) is 2.23. The molecule has 0 amide bonds. The van der Waals surface area contributed by atoms with Crippen molar-refractivity contribution in [1.29, 1.82) is 0 Å². The number of aliphatic hydroxyl groups is 1. The minimum atomic E-state index is -0.647. The van der Waals surface area contributed by atoms with Crippen molar-refractivity contribution in [3.63, 3.8) is 0 Å². The van der Waals surface area contributed by atoms with Gasteiger partial charge in [0.1, 0.15) is 6.10 Å². The maximum Gasteiger partial charge on any atom is 0.163 e. The summed E-state index contributed by atoms with van der Waals surface area (Å²) in [5, 5.41) is 14.4. The molecule has 2 aromatic carbocycles. The van der Waals surface area contributed by atoms with Gasteiger partial charge in [0.2, 0.25) is 0 Å². The lowest BCUT2D eigenvalue weighted by atomic mass is 9.98. The first kappa shape index (κ1) is 11.9. The van der Waals surface area contributed by atoms with Gasteiger partial charge in [-0.25, -0.2) is 0 Å². The van der Waals surface area contributed by atoms with Gasteiger partial charge in [-0.05, 0) is 11.1 Å². The zero-order valence-corrected chi connectivity index (χ0v) is 10.4. The van der Waals surface area contributed by atoms with E-state index in [-0.39, 0.29) is 6.10 Å². The van der Waals surface area contributed by atoms with Crippen molar-refractivity contribution in [3.8, 4) is 0 Å². The summed E-state index contributed by atoms with van der Waals surface area (Å²) in [5.41, 5.74) is 2.79. The van der Waals surface area contributed by atoms with Crippen LogP contribution in [0.2, 0.25) is 0 Å². The summed E-state index contributed by atoms with van der Waals surface area (Å²) in [6, 6.07) is 19.5. The summed E-state index contributed by atoms with van der Waals surface area (Å²) in [6.07, 6.45) is -0.330. The van der Waals surface area contributed by atoms with E-state index in [2.05, 4.69) is 5.16 Å². The third-order valence-corrected chi connectivity index (χ3v) is 3.29. The smallest absolute Gasteiger partial charge is 0.163 e. The summed E-state index contributed by atoms with van der Waals surface area (Å²) >= 11 is 0. The SMILES string of the molecule is O[C@H](c1ccccc1)[C@H]1CC(c2ccccc2)=NO1. The Hall–Kier alpha value is -2.13. The van der Waals surface area contributed by atoms with Crippen molar-refractivity contribution < 1.29 is 9.94 Å². The molecule has 0 fully saturated rings. The Morgan fingerprint density at radius 2 is 1.63 bits per heavy atom. The number of benzene rings is 2. The Kier molecular flexibility index (Phi) is 3.29. The Labute approximate surface area is 112 Å². The van der Waals surface area contributed by atoms with Gasteiger partial charge in [-0.1, -0.05) is 65.8 Å².